The molecule has 0 saturated heterocycles. The van der Waals surface area contributed by atoms with Crippen LogP contribution in [-0.4, -0.2) is 22.1 Å². The van der Waals surface area contributed by atoms with Gasteiger partial charge in [-0.25, -0.2) is 22.2 Å². The van der Waals surface area contributed by atoms with Crippen molar-refractivity contribution in [3.05, 3.63) is 39.0 Å². The molecule has 13 heteroatoms. The largest absolute Gasteiger partial charge is 0.416 e. The molecule has 2 aromatic rings. The number of aromatic nitrogens is 2. The first kappa shape index (κ1) is 20.5. The molecule has 1 unspecified atom stereocenters. The Bertz CT molecular complexity index is 986. The van der Waals surface area contributed by atoms with Gasteiger partial charge in [-0.05, 0) is 12.1 Å². The normalized spacial score (nSPS) is 21.0. The molecule has 1 atom stereocenters. The Kier molecular flexibility index (Phi) is 4.51. The van der Waals surface area contributed by atoms with E-state index in [0.717, 1.165) is 0 Å². The molecule has 1 aromatic heterocycles. The molecule has 150 valence electrons. The highest BCUT2D eigenvalue weighted by atomic mass is 35.5. The van der Waals surface area contributed by atoms with Crippen LogP contribution < -0.4 is 5.73 Å². The Morgan fingerprint density at radius 3 is 2.07 bits per heavy atom. The van der Waals surface area contributed by atoms with Gasteiger partial charge >= 0.3 is 6.18 Å². The first-order valence-electron chi connectivity index (χ1n) is 7.29. The summed E-state index contributed by atoms with van der Waals surface area (Å²) in [4.78, 5) is 0. The topological polar surface area (TPSA) is 67.6 Å². The van der Waals surface area contributed by atoms with Crippen LogP contribution in [0.5, 0.6) is 0 Å². The van der Waals surface area contributed by atoms with Gasteiger partial charge in [0.1, 0.15) is 23.0 Å². The third-order valence-electron chi connectivity index (χ3n) is 4.43. The standard InChI is InChI=1S/C15H7Cl2F7N4/c16-6-1-5(15(22,23)24)2-7(17)10(6)28-11(26)9(8(3-25)27-28)13(12(18)19)4-14(13,20)21/h1-2,12H,4,26H2. The molecule has 1 aliphatic carbocycles. The maximum atomic E-state index is 13.8. The van der Waals surface area contributed by atoms with Crippen molar-refractivity contribution in [1.82, 2.24) is 9.78 Å². The summed E-state index contributed by atoms with van der Waals surface area (Å²) < 4.78 is 93.5. The van der Waals surface area contributed by atoms with E-state index in [1.165, 1.54) is 6.07 Å². The van der Waals surface area contributed by atoms with Crippen molar-refractivity contribution >= 4 is 29.0 Å². The number of nitrogen functional groups attached to an aromatic ring is 1. The van der Waals surface area contributed by atoms with Crippen LogP contribution in [0.2, 0.25) is 10.0 Å². The Labute approximate surface area is 162 Å². The van der Waals surface area contributed by atoms with Crippen LogP contribution in [0.15, 0.2) is 12.1 Å². The fourth-order valence-corrected chi connectivity index (χ4v) is 3.62. The highest BCUT2D eigenvalue weighted by Gasteiger charge is 2.79. The molecule has 28 heavy (non-hydrogen) atoms. The lowest BCUT2D eigenvalue weighted by atomic mass is 9.95. The van der Waals surface area contributed by atoms with E-state index in [1.807, 2.05) is 0 Å². The summed E-state index contributed by atoms with van der Waals surface area (Å²) in [6.45, 7) is 0. The second kappa shape index (κ2) is 6.15. The van der Waals surface area contributed by atoms with Crippen molar-refractivity contribution in [2.24, 2.45) is 0 Å². The lowest BCUT2D eigenvalue weighted by Gasteiger charge is -2.16. The second-order valence-corrected chi connectivity index (χ2v) is 6.89. The summed E-state index contributed by atoms with van der Waals surface area (Å²) >= 11 is 11.6. The van der Waals surface area contributed by atoms with Crippen molar-refractivity contribution in [2.75, 3.05) is 5.73 Å². The van der Waals surface area contributed by atoms with E-state index in [4.69, 9.17) is 34.2 Å². The maximum absolute atomic E-state index is 13.8. The summed E-state index contributed by atoms with van der Waals surface area (Å²) in [7, 11) is 0. The van der Waals surface area contributed by atoms with Gasteiger partial charge in [0.2, 0.25) is 0 Å². The van der Waals surface area contributed by atoms with Crippen LogP contribution in [-0.2, 0) is 11.6 Å². The van der Waals surface area contributed by atoms with Crippen LogP contribution >= 0.6 is 23.2 Å². The second-order valence-electron chi connectivity index (χ2n) is 6.07. The monoisotopic (exact) mass is 446 g/mol. The Balaban J connectivity index is 2.25. The number of nitrogens with two attached hydrogens (primary N) is 1. The minimum absolute atomic E-state index is 0.468. The molecule has 1 aromatic carbocycles. The third-order valence-corrected chi connectivity index (χ3v) is 5.01. The van der Waals surface area contributed by atoms with Crippen LogP contribution in [0.25, 0.3) is 5.69 Å². The average Bonchev–Trinajstić information content (AvgIpc) is 2.99. The number of benzene rings is 1. The molecule has 0 amide bonds. The molecule has 1 saturated carbocycles. The Morgan fingerprint density at radius 2 is 1.71 bits per heavy atom. The van der Waals surface area contributed by atoms with E-state index in [1.54, 1.807) is 0 Å². The third kappa shape index (κ3) is 2.78. The van der Waals surface area contributed by atoms with Crippen LogP contribution in [0.3, 0.4) is 0 Å². The molecule has 0 aliphatic heterocycles. The molecule has 1 heterocycles. The van der Waals surface area contributed by atoms with Gasteiger partial charge in [-0.2, -0.15) is 23.5 Å². The number of anilines is 1. The van der Waals surface area contributed by atoms with Crippen molar-refractivity contribution in [2.45, 2.75) is 30.4 Å². The van der Waals surface area contributed by atoms with Gasteiger partial charge in [0, 0.05) is 6.42 Å². The minimum Gasteiger partial charge on any atom is -0.383 e. The first-order chi connectivity index (χ1) is 12.8. The quantitative estimate of drug-likeness (QED) is 0.659. The molecule has 4 nitrogen and oxygen atoms in total. The van der Waals surface area contributed by atoms with Crippen molar-refractivity contribution in [3.8, 4) is 11.8 Å². The van der Waals surface area contributed by atoms with Gasteiger partial charge in [-0.15, -0.1) is 0 Å². The minimum atomic E-state index is -4.79. The predicted octanol–water partition coefficient (Wildman–Crippen LogP) is 5.19. The molecule has 0 bridgehead atoms. The number of hydrogen-bond donors (Lipinski definition) is 1. The first-order valence-corrected chi connectivity index (χ1v) is 8.05. The highest BCUT2D eigenvalue weighted by molar-refractivity contribution is 6.38. The lowest BCUT2D eigenvalue weighted by molar-refractivity contribution is -0.137. The average molecular weight is 447 g/mol. The molecule has 0 radical (unpaired) electrons. The summed E-state index contributed by atoms with van der Waals surface area (Å²) in [6.07, 6.45) is -9.63. The highest BCUT2D eigenvalue weighted by Crippen LogP contribution is 2.66. The molecule has 3 rings (SSSR count). The number of halogens is 9. The summed E-state index contributed by atoms with van der Waals surface area (Å²) in [5.41, 5.74) is -0.734. The van der Waals surface area contributed by atoms with Gasteiger partial charge < -0.3 is 5.73 Å². The van der Waals surface area contributed by atoms with Crippen molar-refractivity contribution < 1.29 is 30.7 Å². The van der Waals surface area contributed by atoms with Gasteiger partial charge in [0.25, 0.3) is 12.3 Å². The van der Waals surface area contributed by atoms with Crippen LogP contribution in [0.1, 0.15) is 23.2 Å². The van der Waals surface area contributed by atoms with Crippen molar-refractivity contribution in [1.29, 1.82) is 5.26 Å². The zero-order chi connectivity index (χ0) is 21.2. The molecular formula is C15H7Cl2F7N4. The Morgan fingerprint density at radius 1 is 1.21 bits per heavy atom. The van der Waals surface area contributed by atoms with E-state index in [0.29, 0.717) is 16.8 Å². The number of nitrogens with zero attached hydrogens (tertiary/aromatic N) is 3. The zero-order valence-corrected chi connectivity index (χ0v) is 14.8. The SMILES string of the molecule is N#Cc1nn(-c2c(Cl)cc(C(F)(F)F)cc2Cl)c(N)c1C1(C(F)F)CC1(F)F. The molecule has 2 N–H and O–H groups in total. The van der Waals surface area contributed by atoms with E-state index in [-0.39, 0.29) is 0 Å². The number of hydrogen-bond acceptors (Lipinski definition) is 3. The molecular weight excluding hydrogens is 440 g/mol. The van der Waals surface area contributed by atoms with E-state index in [9.17, 15) is 30.7 Å². The summed E-state index contributed by atoms with van der Waals surface area (Å²) in [5, 5.41) is 11.5. The lowest BCUT2D eigenvalue weighted by Crippen LogP contribution is -2.27. The fraction of sp³-hybridized carbons (Fsp3) is 0.333. The van der Waals surface area contributed by atoms with Gasteiger partial charge in [0.05, 0.1) is 21.2 Å². The van der Waals surface area contributed by atoms with E-state index >= 15 is 0 Å². The smallest absolute Gasteiger partial charge is 0.383 e. The number of rotatable bonds is 3. The fourth-order valence-electron chi connectivity index (χ4n) is 2.97. The molecule has 1 fully saturated rings. The van der Waals surface area contributed by atoms with Crippen LogP contribution in [0.4, 0.5) is 36.6 Å². The number of alkyl halides is 7. The van der Waals surface area contributed by atoms with E-state index < -0.39 is 68.7 Å². The summed E-state index contributed by atoms with van der Waals surface area (Å²) in [6, 6.07) is 2.35. The Hall–Kier alpha value is -2.19. The molecule has 0 spiro atoms. The summed E-state index contributed by atoms with van der Waals surface area (Å²) in [5.74, 6) is -4.64. The van der Waals surface area contributed by atoms with Gasteiger partial charge in [0.15, 0.2) is 5.69 Å². The van der Waals surface area contributed by atoms with Crippen molar-refractivity contribution in [3.63, 3.8) is 0 Å². The van der Waals surface area contributed by atoms with Crippen LogP contribution in [0, 0.1) is 11.3 Å². The number of nitriles is 1. The predicted molar refractivity (Wildman–Crippen MR) is 85.0 cm³/mol. The van der Waals surface area contributed by atoms with E-state index in [2.05, 4.69) is 5.10 Å². The van der Waals surface area contributed by atoms with Gasteiger partial charge in [-0.1, -0.05) is 23.2 Å². The molecule has 1 aliphatic rings. The maximum Gasteiger partial charge on any atom is 0.416 e. The zero-order valence-electron chi connectivity index (χ0n) is 13.3. The van der Waals surface area contributed by atoms with Gasteiger partial charge in [-0.3, -0.25) is 0 Å².